The van der Waals surface area contributed by atoms with Crippen LogP contribution in [0.15, 0.2) is 30.3 Å². The molecule has 0 amide bonds. The van der Waals surface area contributed by atoms with Gasteiger partial charge in [0.1, 0.15) is 12.3 Å². The van der Waals surface area contributed by atoms with E-state index in [1.165, 1.54) is 12.1 Å². The van der Waals surface area contributed by atoms with Gasteiger partial charge < -0.3 is 10.1 Å². The van der Waals surface area contributed by atoms with Gasteiger partial charge in [0.05, 0.1) is 5.56 Å². The van der Waals surface area contributed by atoms with Crippen LogP contribution in [0.5, 0.6) is 0 Å². The lowest BCUT2D eigenvalue weighted by Crippen LogP contribution is -2.16. The summed E-state index contributed by atoms with van der Waals surface area (Å²) in [5.41, 5.74) is -0.693. The number of nitrogens with one attached hydrogen (secondary N) is 1. The topological polar surface area (TPSA) is 51.2 Å². The summed E-state index contributed by atoms with van der Waals surface area (Å²) in [5, 5.41) is 2.12. The van der Waals surface area contributed by atoms with Crippen molar-refractivity contribution in [3.05, 3.63) is 59.4 Å². The van der Waals surface area contributed by atoms with E-state index in [9.17, 15) is 22.4 Å². The number of anilines is 1. The van der Waals surface area contributed by atoms with Gasteiger partial charge in [-0.1, -0.05) is 18.2 Å². The number of rotatable bonds is 5. The molecule has 1 aromatic heterocycles. The largest absolute Gasteiger partial charge is 0.460 e. The number of pyridine rings is 1. The number of esters is 1. The summed E-state index contributed by atoms with van der Waals surface area (Å²) in [6, 6.07) is 8.06. The fraction of sp³-hybridized carbons (Fsp3) is 0.143. The Balaban J connectivity index is 1.91. The van der Waals surface area contributed by atoms with Crippen molar-refractivity contribution in [1.82, 2.24) is 4.98 Å². The van der Waals surface area contributed by atoms with Gasteiger partial charge >= 0.3 is 5.97 Å². The molecule has 0 unspecified atom stereocenters. The third-order valence-corrected chi connectivity index (χ3v) is 2.64. The van der Waals surface area contributed by atoms with Gasteiger partial charge in [0.15, 0.2) is 0 Å². The van der Waals surface area contributed by atoms with E-state index in [0.29, 0.717) is 5.56 Å². The predicted octanol–water partition coefficient (Wildman–Crippen LogP) is 2.91. The first-order valence-electron chi connectivity index (χ1n) is 6.16. The third kappa shape index (κ3) is 3.51. The summed E-state index contributed by atoms with van der Waals surface area (Å²) in [7, 11) is 0. The molecule has 1 N–H and O–H groups in total. The summed E-state index contributed by atoms with van der Waals surface area (Å²) >= 11 is 0. The normalized spacial score (nSPS) is 10.4. The Hall–Kier alpha value is -2.64. The number of halogens is 4. The summed E-state index contributed by atoms with van der Waals surface area (Å²) < 4.78 is 57.1. The molecular formula is C14H10F4N2O2. The Morgan fingerprint density at radius 3 is 2.23 bits per heavy atom. The molecule has 8 heteroatoms. The molecule has 2 aromatic rings. The molecule has 0 aliphatic rings. The standard InChI is InChI=1S/C14H10F4N2O2/c15-9-11(10(16)13(18)20-12(9)17)19-6-7-22-14(21)8-4-2-1-3-5-8/h1-5H,6-7H2,(H,19,20). The van der Waals surface area contributed by atoms with Gasteiger partial charge in [-0.15, -0.1) is 0 Å². The Kier molecular flexibility index (Phi) is 4.92. The minimum atomic E-state index is -1.76. The van der Waals surface area contributed by atoms with Gasteiger partial charge in [-0.25, -0.2) is 4.79 Å². The lowest BCUT2D eigenvalue weighted by atomic mass is 10.2. The highest BCUT2D eigenvalue weighted by atomic mass is 19.2. The first-order chi connectivity index (χ1) is 10.5. The zero-order valence-electron chi connectivity index (χ0n) is 11.1. The van der Waals surface area contributed by atoms with Crippen molar-refractivity contribution in [1.29, 1.82) is 0 Å². The molecule has 0 saturated carbocycles. The van der Waals surface area contributed by atoms with Crippen LogP contribution >= 0.6 is 0 Å². The van der Waals surface area contributed by atoms with E-state index < -0.39 is 35.2 Å². The number of ether oxygens (including phenoxy) is 1. The minimum absolute atomic E-state index is 0.241. The van der Waals surface area contributed by atoms with Crippen LogP contribution in [-0.2, 0) is 4.74 Å². The first kappa shape index (κ1) is 15.7. The number of nitrogens with zero attached hydrogens (tertiary/aromatic N) is 1. The number of aromatic nitrogens is 1. The van der Waals surface area contributed by atoms with E-state index in [0.717, 1.165) is 0 Å². The van der Waals surface area contributed by atoms with Gasteiger partial charge in [0.25, 0.3) is 11.9 Å². The second kappa shape index (κ2) is 6.88. The van der Waals surface area contributed by atoms with Crippen LogP contribution in [0.1, 0.15) is 10.4 Å². The SMILES string of the molecule is O=C(OCCNc1c(F)c(F)nc(F)c1F)c1ccccc1. The molecule has 0 aliphatic heterocycles. The third-order valence-electron chi connectivity index (χ3n) is 2.64. The number of carbonyl (C=O) groups excluding carboxylic acids is 1. The van der Waals surface area contributed by atoms with Crippen LogP contribution in [0.2, 0.25) is 0 Å². The number of hydrogen-bond acceptors (Lipinski definition) is 4. The quantitative estimate of drug-likeness (QED) is 0.399. The van der Waals surface area contributed by atoms with Gasteiger partial charge in [0, 0.05) is 6.54 Å². The molecule has 22 heavy (non-hydrogen) atoms. The molecule has 0 atom stereocenters. The number of benzene rings is 1. The molecule has 1 aromatic carbocycles. The van der Waals surface area contributed by atoms with E-state index in [-0.39, 0.29) is 13.2 Å². The van der Waals surface area contributed by atoms with E-state index >= 15 is 0 Å². The fourth-order valence-corrected chi connectivity index (χ4v) is 1.62. The van der Waals surface area contributed by atoms with Crippen molar-refractivity contribution in [3.8, 4) is 0 Å². The Bertz CT molecular complexity index is 654. The van der Waals surface area contributed by atoms with Crippen LogP contribution in [0, 0.1) is 23.5 Å². The smallest absolute Gasteiger partial charge is 0.338 e. The molecule has 0 radical (unpaired) electrons. The highest BCUT2D eigenvalue weighted by molar-refractivity contribution is 5.89. The molecule has 0 saturated heterocycles. The zero-order valence-corrected chi connectivity index (χ0v) is 11.1. The maximum absolute atomic E-state index is 13.3. The first-order valence-corrected chi connectivity index (χ1v) is 6.16. The highest BCUT2D eigenvalue weighted by Crippen LogP contribution is 2.21. The van der Waals surface area contributed by atoms with Crippen LogP contribution in [0.4, 0.5) is 23.2 Å². The Labute approximate surface area is 122 Å². The van der Waals surface area contributed by atoms with Crippen molar-refractivity contribution >= 4 is 11.7 Å². The highest BCUT2D eigenvalue weighted by Gasteiger charge is 2.20. The lowest BCUT2D eigenvalue weighted by Gasteiger charge is -2.10. The number of hydrogen-bond donors (Lipinski definition) is 1. The average Bonchev–Trinajstić information content (AvgIpc) is 2.53. The Morgan fingerprint density at radius 2 is 1.64 bits per heavy atom. The van der Waals surface area contributed by atoms with Crippen molar-refractivity contribution in [2.24, 2.45) is 0 Å². The monoisotopic (exact) mass is 314 g/mol. The zero-order chi connectivity index (χ0) is 16.1. The summed E-state index contributed by atoms with van der Waals surface area (Å²) in [5.74, 6) is -7.44. The van der Waals surface area contributed by atoms with Crippen molar-refractivity contribution < 1.29 is 27.1 Å². The molecular weight excluding hydrogens is 304 g/mol. The number of carbonyl (C=O) groups is 1. The van der Waals surface area contributed by atoms with Crippen LogP contribution < -0.4 is 5.32 Å². The van der Waals surface area contributed by atoms with Crippen molar-refractivity contribution in [2.75, 3.05) is 18.5 Å². The van der Waals surface area contributed by atoms with Gasteiger partial charge in [0.2, 0.25) is 11.6 Å². The molecule has 116 valence electrons. The van der Waals surface area contributed by atoms with Crippen LogP contribution in [0.3, 0.4) is 0 Å². The van der Waals surface area contributed by atoms with Crippen LogP contribution in [-0.4, -0.2) is 24.1 Å². The summed E-state index contributed by atoms with van der Waals surface area (Å²) in [6.45, 7) is -0.493. The molecule has 0 fully saturated rings. The molecule has 1 heterocycles. The van der Waals surface area contributed by atoms with E-state index in [1.54, 1.807) is 18.2 Å². The molecule has 0 aliphatic carbocycles. The van der Waals surface area contributed by atoms with Gasteiger partial charge in [-0.2, -0.15) is 22.5 Å². The van der Waals surface area contributed by atoms with E-state index in [1.807, 2.05) is 0 Å². The summed E-state index contributed by atoms with van der Waals surface area (Å²) in [6.07, 6.45) is 0. The molecule has 4 nitrogen and oxygen atoms in total. The van der Waals surface area contributed by atoms with Gasteiger partial charge in [-0.05, 0) is 12.1 Å². The predicted molar refractivity (Wildman–Crippen MR) is 69.3 cm³/mol. The molecule has 0 spiro atoms. The maximum atomic E-state index is 13.3. The van der Waals surface area contributed by atoms with Crippen LogP contribution in [0.25, 0.3) is 0 Å². The lowest BCUT2D eigenvalue weighted by molar-refractivity contribution is 0.0520. The van der Waals surface area contributed by atoms with Crippen molar-refractivity contribution in [2.45, 2.75) is 0 Å². The van der Waals surface area contributed by atoms with Gasteiger partial charge in [-0.3, -0.25) is 0 Å². The van der Waals surface area contributed by atoms with E-state index in [2.05, 4.69) is 10.3 Å². The fourth-order valence-electron chi connectivity index (χ4n) is 1.62. The Morgan fingerprint density at radius 1 is 1.05 bits per heavy atom. The maximum Gasteiger partial charge on any atom is 0.338 e. The second-order valence-corrected chi connectivity index (χ2v) is 4.13. The van der Waals surface area contributed by atoms with E-state index in [4.69, 9.17) is 4.74 Å². The second-order valence-electron chi connectivity index (χ2n) is 4.13. The molecule has 2 rings (SSSR count). The average molecular weight is 314 g/mol. The summed E-state index contributed by atoms with van der Waals surface area (Å²) in [4.78, 5) is 14.0. The minimum Gasteiger partial charge on any atom is -0.460 e. The molecule has 0 bridgehead atoms. The van der Waals surface area contributed by atoms with Crippen molar-refractivity contribution in [3.63, 3.8) is 0 Å².